The molecule has 0 spiro atoms. The molecule has 5 aromatic rings. The molecule has 7 rings (SSSR count). The molecule has 0 aliphatic carbocycles. The molecular formula is C42H50N4O4+2. The third-order valence-corrected chi connectivity index (χ3v) is 10.7. The number of quaternary nitrogens is 2. The number of unbranched alkanes of at least 4 members (excludes halogenated alkanes) is 6. The first-order valence-electron chi connectivity index (χ1n) is 18.3. The van der Waals surface area contributed by atoms with Gasteiger partial charge in [0.2, 0.25) is 0 Å². The number of nitrogens with zero attached hydrogens (tertiary/aromatic N) is 4. The summed E-state index contributed by atoms with van der Waals surface area (Å²) in [5.41, 5.74) is 2.21. The summed E-state index contributed by atoms with van der Waals surface area (Å²) >= 11 is 0. The van der Waals surface area contributed by atoms with E-state index in [1.807, 2.05) is 48.5 Å². The van der Waals surface area contributed by atoms with Crippen LogP contribution in [-0.4, -0.2) is 111 Å². The molecular weight excluding hydrogens is 624 g/mol. The molecule has 0 fully saturated rings. The van der Waals surface area contributed by atoms with Gasteiger partial charge in [-0.2, -0.15) is 0 Å². The molecule has 5 aromatic carbocycles. The standard InChI is InChI=1S/C42H50N4O4/c1-45(2,3)25-13-9-7-11-23-43-39(47)31-19-15-27-29-17-21-33-38-34(42(50)44(41(33)49)24-12-8-10-14-26-46(4,5)6)22-18-30(36(29)38)28-16-20-32(40(43)48)37(31)35(27)28/h15-22H,7-14,23-26H2,1-6H3/q+2. The van der Waals surface area contributed by atoms with Gasteiger partial charge in [-0.15, -0.1) is 0 Å². The van der Waals surface area contributed by atoms with Crippen molar-refractivity contribution in [2.24, 2.45) is 0 Å². The number of rotatable bonds is 14. The molecule has 0 bridgehead atoms. The Bertz CT molecular complexity index is 1910. The van der Waals surface area contributed by atoms with E-state index in [9.17, 15) is 19.2 Å². The second-order valence-corrected chi connectivity index (χ2v) is 16.5. The average Bonchev–Trinajstić information content (AvgIpc) is 3.06. The molecule has 0 atom stereocenters. The number of imide groups is 2. The van der Waals surface area contributed by atoms with Gasteiger partial charge in [0.15, 0.2) is 0 Å². The van der Waals surface area contributed by atoms with Crippen LogP contribution < -0.4 is 0 Å². The van der Waals surface area contributed by atoms with E-state index in [2.05, 4.69) is 42.3 Å². The fraction of sp³-hybridized carbons (Fsp3) is 0.429. The van der Waals surface area contributed by atoms with E-state index in [1.165, 1.54) is 9.80 Å². The first-order valence-corrected chi connectivity index (χ1v) is 18.3. The molecule has 0 aromatic heterocycles. The Morgan fingerprint density at radius 3 is 0.940 bits per heavy atom. The third-order valence-electron chi connectivity index (χ3n) is 10.7. The van der Waals surface area contributed by atoms with Crippen molar-refractivity contribution < 1.29 is 28.1 Å². The average molecular weight is 675 g/mol. The van der Waals surface area contributed by atoms with Crippen LogP contribution in [0.25, 0.3) is 43.1 Å². The second kappa shape index (κ2) is 12.7. The molecule has 260 valence electrons. The first kappa shape index (κ1) is 34.1. The lowest BCUT2D eigenvalue weighted by atomic mass is 9.82. The molecule has 2 heterocycles. The van der Waals surface area contributed by atoms with Crippen LogP contribution in [0.5, 0.6) is 0 Å². The van der Waals surface area contributed by atoms with Gasteiger partial charge in [-0.05, 0) is 95.1 Å². The van der Waals surface area contributed by atoms with Crippen LogP contribution in [0, 0.1) is 0 Å². The highest BCUT2D eigenvalue weighted by Crippen LogP contribution is 2.46. The van der Waals surface area contributed by atoms with Crippen molar-refractivity contribution >= 4 is 66.7 Å². The Kier molecular flexibility index (Phi) is 8.68. The highest BCUT2D eigenvalue weighted by molar-refractivity contribution is 6.41. The molecule has 0 saturated heterocycles. The fourth-order valence-corrected chi connectivity index (χ4v) is 8.19. The van der Waals surface area contributed by atoms with E-state index < -0.39 is 0 Å². The van der Waals surface area contributed by atoms with Gasteiger partial charge in [0.25, 0.3) is 23.6 Å². The molecule has 2 aliphatic rings. The second-order valence-electron chi connectivity index (χ2n) is 16.5. The van der Waals surface area contributed by atoms with Crippen molar-refractivity contribution in [3.8, 4) is 0 Å². The van der Waals surface area contributed by atoms with Crippen molar-refractivity contribution in [2.75, 3.05) is 68.5 Å². The maximum atomic E-state index is 13.9. The predicted octanol–water partition coefficient (Wildman–Crippen LogP) is 7.46. The number of benzene rings is 5. The lowest BCUT2D eigenvalue weighted by molar-refractivity contribution is -0.870. The number of carbonyl (C=O) groups excluding carboxylic acids is 4. The fourth-order valence-electron chi connectivity index (χ4n) is 8.19. The van der Waals surface area contributed by atoms with Gasteiger partial charge >= 0.3 is 0 Å². The van der Waals surface area contributed by atoms with Gasteiger partial charge in [-0.3, -0.25) is 29.0 Å². The van der Waals surface area contributed by atoms with Crippen LogP contribution in [0.4, 0.5) is 0 Å². The lowest BCUT2D eigenvalue weighted by Crippen LogP contribution is -2.41. The molecule has 8 nitrogen and oxygen atoms in total. The van der Waals surface area contributed by atoms with Gasteiger partial charge < -0.3 is 8.97 Å². The molecule has 4 amide bonds. The summed E-state index contributed by atoms with van der Waals surface area (Å²) in [4.78, 5) is 58.3. The van der Waals surface area contributed by atoms with Crippen LogP contribution in [0.3, 0.4) is 0 Å². The maximum absolute atomic E-state index is 13.9. The molecule has 50 heavy (non-hydrogen) atoms. The summed E-state index contributed by atoms with van der Waals surface area (Å²) in [7, 11) is 13.1. The zero-order valence-corrected chi connectivity index (χ0v) is 30.5. The van der Waals surface area contributed by atoms with E-state index >= 15 is 0 Å². The smallest absolute Gasteiger partial charge is 0.261 e. The van der Waals surface area contributed by atoms with Crippen LogP contribution in [0.15, 0.2) is 48.5 Å². The molecule has 0 N–H and O–H groups in total. The molecule has 8 heteroatoms. The summed E-state index contributed by atoms with van der Waals surface area (Å²) in [5.74, 6) is -0.951. The zero-order chi connectivity index (χ0) is 35.5. The van der Waals surface area contributed by atoms with E-state index in [4.69, 9.17) is 0 Å². The predicted molar refractivity (Wildman–Crippen MR) is 201 cm³/mol. The minimum absolute atomic E-state index is 0.238. The number of amides is 4. The van der Waals surface area contributed by atoms with Crippen LogP contribution in [-0.2, 0) is 0 Å². The Labute approximate surface area is 294 Å². The van der Waals surface area contributed by atoms with Crippen molar-refractivity contribution in [1.29, 1.82) is 0 Å². The number of carbonyl (C=O) groups is 4. The van der Waals surface area contributed by atoms with E-state index in [0.29, 0.717) is 46.1 Å². The Balaban J connectivity index is 1.19. The number of hydrogen-bond acceptors (Lipinski definition) is 4. The van der Waals surface area contributed by atoms with Crippen LogP contribution in [0.1, 0.15) is 92.8 Å². The van der Waals surface area contributed by atoms with Crippen molar-refractivity contribution in [1.82, 2.24) is 9.80 Å². The third kappa shape index (κ3) is 5.92. The van der Waals surface area contributed by atoms with E-state index in [-0.39, 0.29) is 23.6 Å². The quantitative estimate of drug-likeness (QED) is 0.0403. The van der Waals surface area contributed by atoms with Crippen molar-refractivity contribution in [3.63, 3.8) is 0 Å². The summed E-state index contributed by atoms with van der Waals surface area (Å²) in [6, 6.07) is 15.3. The Hall–Kier alpha value is -4.40. The van der Waals surface area contributed by atoms with Gasteiger partial charge in [-0.1, -0.05) is 37.1 Å². The highest BCUT2D eigenvalue weighted by Gasteiger charge is 2.36. The number of fused-ring (bicyclic) bond motifs is 2. The summed E-state index contributed by atoms with van der Waals surface area (Å²) in [6.45, 7) is 3.03. The van der Waals surface area contributed by atoms with Gasteiger partial charge in [0.05, 0.1) is 55.4 Å². The lowest BCUT2D eigenvalue weighted by Gasteiger charge is -2.30. The minimum atomic E-state index is -0.238. The molecule has 0 radical (unpaired) electrons. The van der Waals surface area contributed by atoms with Gasteiger partial charge in [0, 0.05) is 46.1 Å². The minimum Gasteiger partial charge on any atom is -0.331 e. The monoisotopic (exact) mass is 674 g/mol. The van der Waals surface area contributed by atoms with E-state index in [0.717, 1.165) is 106 Å². The highest BCUT2D eigenvalue weighted by atomic mass is 16.2. The molecule has 2 aliphatic heterocycles. The van der Waals surface area contributed by atoms with Gasteiger partial charge in [-0.25, -0.2) is 0 Å². The summed E-state index contributed by atoms with van der Waals surface area (Å²) < 4.78 is 1.86. The van der Waals surface area contributed by atoms with Crippen LogP contribution in [0.2, 0.25) is 0 Å². The largest absolute Gasteiger partial charge is 0.331 e. The van der Waals surface area contributed by atoms with Gasteiger partial charge in [0.1, 0.15) is 0 Å². The number of hydrogen-bond donors (Lipinski definition) is 0. The zero-order valence-electron chi connectivity index (χ0n) is 30.5. The topological polar surface area (TPSA) is 74.8 Å². The van der Waals surface area contributed by atoms with Crippen molar-refractivity contribution in [3.05, 3.63) is 70.8 Å². The Morgan fingerprint density at radius 2 is 0.660 bits per heavy atom. The van der Waals surface area contributed by atoms with Crippen molar-refractivity contribution in [2.45, 2.75) is 51.4 Å². The van der Waals surface area contributed by atoms with Crippen LogP contribution >= 0.6 is 0 Å². The van der Waals surface area contributed by atoms with E-state index in [1.54, 1.807) is 0 Å². The first-order chi connectivity index (χ1) is 23.8. The Morgan fingerprint density at radius 1 is 0.380 bits per heavy atom. The summed E-state index contributed by atoms with van der Waals surface area (Å²) in [5, 5.41) is 6.84. The SMILES string of the molecule is C[N+](C)(C)CCCCCCN1C(=O)c2ccc3c4ccc5c6c(ccc(c7ccc(c2c37)C1=O)c64)C(=O)N(CCCCCC[N+](C)(C)C)C5=O. The summed E-state index contributed by atoms with van der Waals surface area (Å²) in [6.07, 6.45) is 7.91. The molecule has 0 unspecified atom stereocenters. The maximum Gasteiger partial charge on any atom is 0.261 e. The molecule has 0 saturated carbocycles. The normalized spacial score (nSPS) is 15.2.